The molecule has 0 aromatic carbocycles. The zero-order valence-electron chi connectivity index (χ0n) is 16.4. The van der Waals surface area contributed by atoms with Gasteiger partial charge in [0.25, 0.3) is 0 Å². The number of aldehydes is 2. The number of hydrogen-bond donors (Lipinski definition) is 3. The fourth-order valence-electron chi connectivity index (χ4n) is 1.68. The number of hydrogen-bond acceptors (Lipinski definition) is 6. The Balaban J connectivity index is 0. The molecule has 0 saturated heterocycles. The maximum atomic E-state index is 10.6. The monoisotopic (exact) mass is 348 g/mol. The molecule has 0 rings (SSSR count). The molecule has 3 N–H and O–H groups in total. The molecule has 0 saturated carbocycles. The van der Waals surface area contributed by atoms with Gasteiger partial charge >= 0.3 is 0 Å². The van der Waals surface area contributed by atoms with Crippen molar-refractivity contribution in [3.8, 4) is 0 Å². The van der Waals surface area contributed by atoms with E-state index in [1.54, 1.807) is 41.5 Å². The van der Waals surface area contributed by atoms with Gasteiger partial charge in [0.15, 0.2) is 6.29 Å². The summed E-state index contributed by atoms with van der Waals surface area (Å²) in [5.74, 6) is 0.0625. The normalized spacial score (nSPS) is 15.3. The molecule has 0 spiro atoms. The summed E-state index contributed by atoms with van der Waals surface area (Å²) in [6, 6.07) is 0. The molecule has 6 heteroatoms. The summed E-state index contributed by atoms with van der Waals surface area (Å²) in [5, 5.41) is 27.9. The third-order valence-corrected chi connectivity index (χ3v) is 3.67. The van der Waals surface area contributed by atoms with Crippen molar-refractivity contribution in [1.82, 2.24) is 0 Å². The van der Waals surface area contributed by atoms with Crippen LogP contribution in [0.1, 0.15) is 55.4 Å². The molecule has 0 heterocycles. The zero-order chi connectivity index (χ0) is 19.8. The lowest BCUT2D eigenvalue weighted by Crippen LogP contribution is -2.44. The van der Waals surface area contributed by atoms with Crippen molar-refractivity contribution < 1.29 is 29.6 Å². The molecule has 0 radical (unpaired) electrons. The van der Waals surface area contributed by atoms with Crippen LogP contribution in [0.15, 0.2) is 0 Å². The van der Waals surface area contributed by atoms with Gasteiger partial charge in [-0.3, -0.25) is 0 Å². The van der Waals surface area contributed by atoms with Crippen molar-refractivity contribution >= 4 is 12.6 Å². The van der Waals surface area contributed by atoms with E-state index in [4.69, 9.17) is 9.84 Å². The highest BCUT2D eigenvalue weighted by molar-refractivity contribution is 5.59. The largest absolute Gasteiger partial charge is 0.396 e. The van der Waals surface area contributed by atoms with E-state index >= 15 is 0 Å². The second kappa shape index (κ2) is 10.2. The first kappa shape index (κ1) is 25.4. The van der Waals surface area contributed by atoms with E-state index in [-0.39, 0.29) is 19.1 Å². The van der Waals surface area contributed by atoms with Gasteiger partial charge in [-0.05, 0) is 0 Å². The Morgan fingerprint density at radius 2 is 1.42 bits per heavy atom. The Hall–Kier alpha value is -0.820. The summed E-state index contributed by atoms with van der Waals surface area (Å²) in [6.07, 6.45) is -0.0495. The first-order valence-corrected chi connectivity index (χ1v) is 8.18. The van der Waals surface area contributed by atoms with Crippen molar-refractivity contribution in [2.45, 2.75) is 67.8 Å². The van der Waals surface area contributed by atoms with Crippen LogP contribution >= 0.6 is 0 Å². The standard InChI is InChI=1S/2C9H18O3/c1-8(2,5-10)7(12)9(3,4)6-11;1-7(2)8(11)12-6-9(3,4)5-10/h5,7,11-12H,6H2,1-4H3;5,7-8,11H,6H2,1-4H3. The molecular weight excluding hydrogens is 312 g/mol. The number of carbonyl (C=O) groups excluding carboxylic acids is 2. The van der Waals surface area contributed by atoms with Crippen LogP contribution in [-0.2, 0) is 14.3 Å². The van der Waals surface area contributed by atoms with Crippen LogP contribution in [0.25, 0.3) is 0 Å². The van der Waals surface area contributed by atoms with Gasteiger partial charge < -0.3 is 29.6 Å². The lowest BCUT2D eigenvalue weighted by molar-refractivity contribution is -0.149. The molecule has 24 heavy (non-hydrogen) atoms. The number of ether oxygens (including phenoxy) is 1. The van der Waals surface area contributed by atoms with E-state index in [1.807, 2.05) is 13.8 Å². The van der Waals surface area contributed by atoms with E-state index in [0.29, 0.717) is 0 Å². The lowest BCUT2D eigenvalue weighted by atomic mass is 9.73. The van der Waals surface area contributed by atoms with Gasteiger partial charge in [0.2, 0.25) is 0 Å². The summed E-state index contributed by atoms with van der Waals surface area (Å²) >= 11 is 0. The fourth-order valence-corrected chi connectivity index (χ4v) is 1.68. The number of carbonyl (C=O) groups is 2. The van der Waals surface area contributed by atoms with Crippen LogP contribution < -0.4 is 0 Å². The second-order valence-electron chi connectivity index (χ2n) is 8.54. The van der Waals surface area contributed by atoms with E-state index in [2.05, 4.69) is 0 Å². The van der Waals surface area contributed by atoms with Crippen molar-refractivity contribution in [1.29, 1.82) is 0 Å². The van der Waals surface area contributed by atoms with Gasteiger partial charge in [0.05, 0.1) is 19.3 Å². The SMILES string of the molecule is CC(C)(C=O)C(O)C(C)(C)CO.CC(C)C(O)OCC(C)(C)C=O. The fraction of sp³-hybridized carbons (Fsp3) is 0.889. The maximum Gasteiger partial charge on any atom is 0.156 e. The van der Waals surface area contributed by atoms with Gasteiger partial charge in [0, 0.05) is 22.2 Å². The third kappa shape index (κ3) is 9.47. The number of aliphatic hydroxyl groups excluding tert-OH is 3. The van der Waals surface area contributed by atoms with Gasteiger partial charge in [0.1, 0.15) is 12.6 Å². The molecule has 0 amide bonds. The first-order chi connectivity index (χ1) is 10.7. The van der Waals surface area contributed by atoms with Crippen molar-refractivity contribution in [2.24, 2.45) is 22.2 Å². The smallest absolute Gasteiger partial charge is 0.156 e. The molecule has 2 unspecified atom stereocenters. The van der Waals surface area contributed by atoms with Crippen LogP contribution in [0.5, 0.6) is 0 Å². The highest BCUT2D eigenvalue weighted by atomic mass is 16.6. The molecule has 0 aliphatic rings. The van der Waals surface area contributed by atoms with Crippen LogP contribution in [0.3, 0.4) is 0 Å². The molecule has 0 aromatic rings. The van der Waals surface area contributed by atoms with E-state index < -0.39 is 28.6 Å². The molecule has 144 valence electrons. The summed E-state index contributed by atoms with van der Waals surface area (Å²) in [7, 11) is 0. The summed E-state index contributed by atoms with van der Waals surface area (Å²) in [5.41, 5.74) is -1.94. The summed E-state index contributed by atoms with van der Waals surface area (Å²) in [4.78, 5) is 21.0. The lowest BCUT2D eigenvalue weighted by Gasteiger charge is -2.36. The van der Waals surface area contributed by atoms with Crippen LogP contribution in [0, 0.1) is 22.2 Å². The minimum absolute atomic E-state index is 0.0625. The Morgan fingerprint density at radius 3 is 1.71 bits per heavy atom. The summed E-state index contributed by atoms with van der Waals surface area (Å²) in [6.45, 7) is 14.1. The molecule has 0 fully saturated rings. The predicted molar refractivity (Wildman–Crippen MR) is 93.4 cm³/mol. The van der Waals surface area contributed by atoms with Crippen molar-refractivity contribution in [2.75, 3.05) is 13.2 Å². The molecule has 0 aliphatic heterocycles. The topological polar surface area (TPSA) is 104 Å². The molecule has 0 bridgehead atoms. The van der Waals surface area contributed by atoms with Crippen molar-refractivity contribution in [3.05, 3.63) is 0 Å². The van der Waals surface area contributed by atoms with Gasteiger partial charge in [-0.2, -0.15) is 0 Å². The quantitative estimate of drug-likeness (QED) is 0.433. The third-order valence-electron chi connectivity index (χ3n) is 3.67. The number of rotatable bonds is 9. The zero-order valence-corrected chi connectivity index (χ0v) is 16.4. The minimum atomic E-state index is -0.826. The molecule has 0 aromatic heterocycles. The van der Waals surface area contributed by atoms with Crippen LogP contribution in [0.2, 0.25) is 0 Å². The van der Waals surface area contributed by atoms with Crippen molar-refractivity contribution in [3.63, 3.8) is 0 Å². The Morgan fingerprint density at radius 1 is 0.958 bits per heavy atom. The van der Waals surface area contributed by atoms with Gasteiger partial charge in [-0.25, -0.2) is 0 Å². The average molecular weight is 348 g/mol. The molecule has 2 atom stereocenters. The Labute approximate surface area is 146 Å². The maximum absolute atomic E-state index is 10.6. The molecule has 6 nitrogen and oxygen atoms in total. The molecule has 0 aliphatic carbocycles. The predicted octanol–water partition coefficient (Wildman–Crippen LogP) is 1.79. The van der Waals surface area contributed by atoms with E-state index in [9.17, 15) is 19.8 Å². The van der Waals surface area contributed by atoms with E-state index in [0.717, 1.165) is 12.6 Å². The Kier molecular flexibility index (Phi) is 10.8. The summed E-state index contributed by atoms with van der Waals surface area (Å²) < 4.78 is 5.08. The second-order valence-corrected chi connectivity index (χ2v) is 8.54. The van der Waals surface area contributed by atoms with E-state index in [1.165, 1.54) is 0 Å². The first-order valence-electron chi connectivity index (χ1n) is 8.18. The van der Waals surface area contributed by atoms with Crippen LogP contribution in [-0.4, -0.2) is 53.5 Å². The van der Waals surface area contributed by atoms with Gasteiger partial charge in [-0.1, -0.05) is 55.4 Å². The number of aliphatic hydroxyl groups is 3. The Bertz CT molecular complexity index is 374. The highest BCUT2D eigenvalue weighted by Gasteiger charge is 2.38. The molecular formula is C18H36O6. The van der Waals surface area contributed by atoms with Gasteiger partial charge in [-0.15, -0.1) is 0 Å². The minimum Gasteiger partial charge on any atom is -0.396 e. The van der Waals surface area contributed by atoms with Crippen LogP contribution in [0.4, 0.5) is 0 Å². The highest BCUT2D eigenvalue weighted by Crippen LogP contribution is 2.32. The average Bonchev–Trinajstić information content (AvgIpc) is 2.52.